The lowest BCUT2D eigenvalue weighted by atomic mass is 9.92. The van der Waals surface area contributed by atoms with E-state index in [-0.39, 0.29) is 0 Å². The Kier molecular flexibility index (Phi) is 5.61. The largest absolute Gasteiger partial charge is 0.403 e. The van der Waals surface area contributed by atoms with Gasteiger partial charge >= 0.3 is 0 Å². The second-order valence-corrected chi connectivity index (χ2v) is 8.49. The molecular formula is C29H26BN3. The zero-order valence-electron chi connectivity index (χ0n) is 19.0. The van der Waals surface area contributed by atoms with Crippen molar-refractivity contribution in [3.05, 3.63) is 107 Å². The first-order valence-electron chi connectivity index (χ1n) is 11.3. The molecule has 0 fully saturated rings. The molecule has 33 heavy (non-hydrogen) atoms. The van der Waals surface area contributed by atoms with E-state index in [0.717, 1.165) is 34.7 Å². The maximum absolute atomic E-state index is 6.13. The van der Waals surface area contributed by atoms with Crippen molar-refractivity contribution in [1.29, 1.82) is 0 Å². The molecule has 1 aliphatic heterocycles. The van der Waals surface area contributed by atoms with Crippen LogP contribution in [0.5, 0.6) is 0 Å². The van der Waals surface area contributed by atoms with Crippen LogP contribution < -0.4 is 5.73 Å². The summed E-state index contributed by atoms with van der Waals surface area (Å²) in [4.78, 5) is 4.97. The van der Waals surface area contributed by atoms with Gasteiger partial charge in [0.05, 0.1) is 11.4 Å². The van der Waals surface area contributed by atoms with Crippen LogP contribution in [0.2, 0.25) is 0 Å². The summed E-state index contributed by atoms with van der Waals surface area (Å²) in [6.45, 7) is 4.84. The molecular weight excluding hydrogens is 401 g/mol. The molecule has 0 spiro atoms. The van der Waals surface area contributed by atoms with E-state index in [4.69, 9.17) is 18.7 Å². The molecule has 0 bridgehead atoms. The van der Waals surface area contributed by atoms with Gasteiger partial charge in [0.15, 0.2) is 0 Å². The van der Waals surface area contributed by atoms with Crippen molar-refractivity contribution in [1.82, 2.24) is 4.48 Å². The maximum atomic E-state index is 6.13. The second kappa shape index (κ2) is 8.72. The Morgan fingerprint density at radius 3 is 2.12 bits per heavy atom. The van der Waals surface area contributed by atoms with Crippen molar-refractivity contribution in [2.24, 2.45) is 10.7 Å². The number of benzene rings is 3. The van der Waals surface area contributed by atoms with Crippen molar-refractivity contribution in [3.8, 4) is 0 Å². The highest BCUT2D eigenvalue weighted by atomic mass is 14.9. The van der Waals surface area contributed by atoms with E-state index in [1.165, 1.54) is 32.7 Å². The van der Waals surface area contributed by atoms with E-state index in [1.807, 2.05) is 18.3 Å². The number of allylic oxidation sites excluding steroid dienone is 3. The molecule has 0 amide bonds. The van der Waals surface area contributed by atoms with Crippen LogP contribution in [0.4, 0.5) is 0 Å². The Morgan fingerprint density at radius 2 is 1.55 bits per heavy atom. The molecule has 2 radical (unpaired) electrons. The van der Waals surface area contributed by atoms with Crippen molar-refractivity contribution in [2.45, 2.75) is 20.3 Å². The van der Waals surface area contributed by atoms with Crippen LogP contribution >= 0.6 is 0 Å². The molecule has 0 unspecified atom stereocenters. The van der Waals surface area contributed by atoms with Gasteiger partial charge in [0.25, 0.3) is 0 Å². The fourth-order valence-electron chi connectivity index (χ4n) is 4.82. The predicted octanol–water partition coefficient (Wildman–Crippen LogP) is 6.21. The molecule has 2 heterocycles. The summed E-state index contributed by atoms with van der Waals surface area (Å²) in [5.74, 6) is 0. The average molecular weight is 427 g/mol. The van der Waals surface area contributed by atoms with E-state index in [9.17, 15) is 0 Å². The van der Waals surface area contributed by atoms with Gasteiger partial charge in [-0.2, -0.15) is 0 Å². The van der Waals surface area contributed by atoms with Gasteiger partial charge in [0.1, 0.15) is 0 Å². The van der Waals surface area contributed by atoms with Gasteiger partial charge in [-0.3, -0.25) is 0 Å². The molecule has 2 N–H and O–H groups in total. The minimum Gasteiger partial charge on any atom is -0.403 e. The number of aromatic nitrogens is 1. The van der Waals surface area contributed by atoms with E-state index in [1.54, 1.807) is 4.48 Å². The fraction of sp³-hybridized carbons (Fsp3) is 0.138. The van der Waals surface area contributed by atoms with Gasteiger partial charge < -0.3 is 10.2 Å². The average Bonchev–Trinajstić information content (AvgIpc) is 3.42. The van der Waals surface area contributed by atoms with Gasteiger partial charge in [-0.25, -0.2) is 4.99 Å². The number of hydrogen-bond donors (Lipinski definition) is 1. The number of hydrogen-bond acceptors (Lipinski definition) is 2. The molecule has 160 valence electrons. The van der Waals surface area contributed by atoms with Gasteiger partial charge in [-0.05, 0) is 95.5 Å². The van der Waals surface area contributed by atoms with Crippen molar-refractivity contribution in [3.63, 3.8) is 0 Å². The lowest BCUT2D eigenvalue weighted by molar-refractivity contribution is 0.997. The fourth-order valence-corrected chi connectivity index (χ4v) is 4.82. The first kappa shape index (κ1) is 21.2. The molecule has 1 aliphatic rings. The zero-order valence-corrected chi connectivity index (χ0v) is 19.0. The highest BCUT2D eigenvalue weighted by molar-refractivity contribution is 6.15. The lowest BCUT2D eigenvalue weighted by Gasteiger charge is -2.12. The van der Waals surface area contributed by atoms with Crippen LogP contribution in [0.3, 0.4) is 0 Å². The highest BCUT2D eigenvalue weighted by Crippen LogP contribution is 2.34. The second-order valence-electron chi connectivity index (χ2n) is 8.49. The Morgan fingerprint density at radius 1 is 0.909 bits per heavy atom. The summed E-state index contributed by atoms with van der Waals surface area (Å²) in [5.41, 5.74) is 13.5. The van der Waals surface area contributed by atoms with Crippen molar-refractivity contribution < 1.29 is 0 Å². The highest BCUT2D eigenvalue weighted by Gasteiger charge is 2.17. The smallest absolute Gasteiger partial charge is 0.234 e. The summed E-state index contributed by atoms with van der Waals surface area (Å²) in [6, 6.07) is 21.2. The standard InChI is InChI=1S/C29H26BN3/c1-19-18-21(32-29(19)27(15-16-31)28-12-7-17-33(28)30)13-14-26-24-10-5-3-8-22(24)20(2)23-9-4-6-11-25(23)26/h3-14,17-18H,15-16,31H2,1-2H3/b14-13+,29-27-. The number of nitrogens with two attached hydrogens (primary N) is 1. The molecule has 0 atom stereocenters. The molecule has 3 aromatic carbocycles. The maximum Gasteiger partial charge on any atom is 0.234 e. The zero-order chi connectivity index (χ0) is 22.9. The quantitative estimate of drug-likeness (QED) is 0.299. The van der Waals surface area contributed by atoms with Gasteiger partial charge in [-0.1, -0.05) is 54.6 Å². The first-order chi connectivity index (χ1) is 16.1. The van der Waals surface area contributed by atoms with Crippen LogP contribution in [-0.2, 0) is 0 Å². The van der Waals surface area contributed by atoms with Crippen LogP contribution in [0.1, 0.15) is 30.2 Å². The number of aryl methyl sites for hydroxylation is 1. The minimum atomic E-state index is 0.541. The number of rotatable bonds is 5. The molecule has 3 nitrogen and oxygen atoms in total. The first-order valence-corrected chi connectivity index (χ1v) is 11.3. The minimum absolute atomic E-state index is 0.541. The number of nitrogens with zero attached hydrogens (tertiary/aromatic N) is 2. The molecule has 0 saturated carbocycles. The van der Waals surface area contributed by atoms with Crippen molar-refractivity contribution >= 4 is 46.9 Å². The molecule has 4 heteroatoms. The van der Waals surface area contributed by atoms with Crippen molar-refractivity contribution in [2.75, 3.05) is 6.54 Å². The summed E-state index contributed by atoms with van der Waals surface area (Å²) < 4.78 is 1.64. The van der Waals surface area contributed by atoms with Crippen LogP contribution in [-0.4, -0.2) is 24.7 Å². The van der Waals surface area contributed by atoms with E-state index >= 15 is 0 Å². The molecule has 5 rings (SSSR count). The van der Waals surface area contributed by atoms with E-state index in [2.05, 4.69) is 80.6 Å². The topological polar surface area (TPSA) is 43.3 Å². The SMILES string of the molecule is [B]n1cccc1/C(CCN)=C1N=C(/C=C/c2c3ccccc3c(C)c3ccccc23)C=C\1C. The third-order valence-corrected chi connectivity index (χ3v) is 6.41. The Bertz CT molecular complexity index is 1440. The van der Waals surface area contributed by atoms with Gasteiger partial charge in [-0.15, -0.1) is 0 Å². The third kappa shape index (κ3) is 3.77. The summed E-state index contributed by atoms with van der Waals surface area (Å²) in [7, 11) is 6.13. The third-order valence-electron chi connectivity index (χ3n) is 6.41. The summed E-state index contributed by atoms with van der Waals surface area (Å²) >= 11 is 0. The van der Waals surface area contributed by atoms with Gasteiger partial charge in [0, 0.05) is 11.3 Å². The van der Waals surface area contributed by atoms with Crippen LogP contribution in [0, 0.1) is 6.92 Å². The van der Waals surface area contributed by atoms with E-state index in [0.29, 0.717) is 6.54 Å². The lowest BCUT2D eigenvalue weighted by Crippen LogP contribution is -2.05. The summed E-state index contributed by atoms with van der Waals surface area (Å²) in [5, 5.41) is 5.07. The number of aliphatic imine (C=N–C) groups is 1. The predicted molar refractivity (Wildman–Crippen MR) is 143 cm³/mol. The van der Waals surface area contributed by atoms with Crippen LogP contribution in [0.15, 0.2) is 95.3 Å². The van der Waals surface area contributed by atoms with Crippen LogP contribution in [0.25, 0.3) is 33.2 Å². The molecule has 1 aromatic heterocycles. The normalized spacial score (nSPS) is 15.5. The molecule has 0 saturated heterocycles. The van der Waals surface area contributed by atoms with Gasteiger partial charge in [0.2, 0.25) is 7.98 Å². The van der Waals surface area contributed by atoms with E-state index < -0.39 is 0 Å². The molecule has 0 aliphatic carbocycles. The Balaban J connectivity index is 1.63. The Hall–Kier alpha value is -3.63. The summed E-state index contributed by atoms with van der Waals surface area (Å²) in [6.07, 6.45) is 9.00. The monoisotopic (exact) mass is 427 g/mol. The number of fused-ring (bicyclic) bond motifs is 2. The Labute approximate surface area is 196 Å². The molecule has 4 aromatic rings.